The molecule has 1 aliphatic rings. The summed E-state index contributed by atoms with van der Waals surface area (Å²) in [6.07, 6.45) is 2.83. The molecule has 1 N–H and O–H groups in total. The van der Waals surface area contributed by atoms with Gasteiger partial charge in [-0.25, -0.2) is 4.39 Å². The second-order valence-corrected chi connectivity index (χ2v) is 4.86. The Bertz CT molecular complexity index is 559. The second-order valence-electron chi connectivity index (χ2n) is 4.86. The van der Waals surface area contributed by atoms with Gasteiger partial charge in [-0.15, -0.1) is 0 Å². The highest BCUT2D eigenvalue weighted by Crippen LogP contribution is 2.23. The third kappa shape index (κ3) is 3.00. The highest BCUT2D eigenvalue weighted by Gasteiger charge is 2.29. The second kappa shape index (κ2) is 6.53. The van der Waals surface area contributed by atoms with Crippen molar-refractivity contribution in [2.75, 3.05) is 13.2 Å². The number of rotatable bonds is 2. The molecule has 1 atom stereocenters. The van der Waals surface area contributed by atoms with Gasteiger partial charge in [0.15, 0.2) is 0 Å². The van der Waals surface area contributed by atoms with E-state index in [4.69, 9.17) is 5.11 Å². The third-order valence-corrected chi connectivity index (χ3v) is 3.62. The first kappa shape index (κ1) is 14.5. The van der Waals surface area contributed by atoms with E-state index < -0.39 is 5.82 Å². The topological polar surface area (TPSA) is 40.5 Å². The molecule has 1 aromatic rings. The van der Waals surface area contributed by atoms with Crippen molar-refractivity contribution in [2.24, 2.45) is 0 Å². The van der Waals surface area contributed by atoms with Gasteiger partial charge in [-0.2, -0.15) is 0 Å². The zero-order valence-corrected chi connectivity index (χ0v) is 11.5. The smallest absolute Gasteiger partial charge is 0.257 e. The average Bonchev–Trinajstić information content (AvgIpc) is 2.94. The van der Waals surface area contributed by atoms with Crippen molar-refractivity contribution in [2.45, 2.75) is 32.2 Å². The minimum absolute atomic E-state index is 0.0649. The number of aliphatic hydroxyl groups is 1. The molecule has 0 spiro atoms. The lowest BCUT2D eigenvalue weighted by Crippen LogP contribution is -2.35. The van der Waals surface area contributed by atoms with Gasteiger partial charge in [-0.05, 0) is 37.5 Å². The Labute approximate surface area is 118 Å². The molecule has 3 nitrogen and oxygen atoms in total. The molecule has 2 rings (SSSR count). The van der Waals surface area contributed by atoms with Gasteiger partial charge < -0.3 is 10.0 Å². The van der Waals surface area contributed by atoms with E-state index in [1.165, 1.54) is 18.2 Å². The molecular formula is C16H18FNO2. The van der Waals surface area contributed by atoms with Crippen LogP contribution in [-0.2, 0) is 0 Å². The Kier molecular flexibility index (Phi) is 4.75. The summed E-state index contributed by atoms with van der Waals surface area (Å²) < 4.78 is 13.9. The predicted molar refractivity (Wildman–Crippen MR) is 74.7 cm³/mol. The van der Waals surface area contributed by atoms with E-state index in [0.29, 0.717) is 12.1 Å². The van der Waals surface area contributed by atoms with E-state index in [-0.39, 0.29) is 24.1 Å². The quantitative estimate of drug-likeness (QED) is 0.840. The standard InChI is InChI=1S/C16H18FNO2/c1-2-13-6-3-9-18(13)16(20)14-11-12(5-4-10-19)7-8-15(14)17/h7-8,11,13,19H,2-3,6,9-10H2,1H3. The fraction of sp³-hybridized carbons (Fsp3) is 0.438. The number of carbonyl (C=O) groups excluding carboxylic acids is 1. The first-order valence-electron chi connectivity index (χ1n) is 6.87. The maximum absolute atomic E-state index is 13.9. The van der Waals surface area contributed by atoms with Crippen molar-refractivity contribution in [3.8, 4) is 11.8 Å². The molecule has 106 valence electrons. The summed E-state index contributed by atoms with van der Waals surface area (Å²) in [7, 11) is 0. The van der Waals surface area contributed by atoms with Crippen LogP contribution >= 0.6 is 0 Å². The molecule has 4 heteroatoms. The van der Waals surface area contributed by atoms with Gasteiger partial charge in [-0.1, -0.05) is 18.8 Å². The normalized spacial score (nSPS) is 17.8. The van der Waals surface area contributed by atoms with Crippen LogP contribution < -0.4 is 0 Å². The van der Waals surface area contributed by atoms with Crippen molar-refractivity contribution < 1.29 is 14.3 Å². The summed E-state index contributed by atoms with van der Waals surface area (Å²) in [5, 5.41) is 8.68. The summed E-state index contributed by atoms with van der Waals surface area (Å²) in [6, 6.07) is 4.43. The van der Waals surface area contributed by atoms with Gasteiger partial charge in [0.1, 0.15) is 12.4 Å². The molecule has 0 aliphatic carbocycles. The van der Waals surface area contributed by atoms with Crippen LogP contribution in [0.5, 0.6) is 0 Å². The van der Waals surface area contributed by atoms with Crippen molar-refractivity contribution in [3.05, 3.63) is 35.1 Å². The van der Waals surface area contributed by atoms with Gasteiger partial charge in [-0.3, -0.25) is 4.79 Å². The highest BCUT2D eigenvalue weighted by atomic mass is 19.1. The fourth-order valence-electron chi connectivity index (χ4n) is 2.59. The fourth-order valence-corrected chi connectivity index (χ4v) is 2.59. The lowest BCUT2D eigenvalue weighted by Gasteiger charge is -2.24. The number of hydrogen-bond donors (Lipinski definition) is 1. The Morgan fingerprint density at radius 2 is 2.35 bits per heavy atom. The molecule has 0 radical (unpaired) electrons. The summed E-state index contributed by atoms with van der Waals surface area (Å²) >= 11 is 0. The Morgan fingerprint density at radius 1 is 1.55 bits per heavy atom. The number of aliphatic hydroxyl groups excluding tert-OH is 1. The summed E-state index contributed by atoms with van der Waals surface area (Å²) in [6.45, 7) is 2.46. The summed E-state index contributed by atoms with van der Waals surface area (Å²) in [5.74, 6) is 4.41. The van der Waals surface area contributed by atoms with Crippen LogP contribution in [0, 0.1) is 17.7 Å². The van der Waals surface area contributed by atoms with Crippen LogP contribution in [0.2, 0.25) is 0 Å². The molecular weight excluding hydrogens is 257 g/mol. The highest BCUT2D eigenvalue weighted by molar-refractivity contribution is 5.95. The van der Waals surface area contributed by atoms with E-state index in [2.05, 4.69) is 11.8 Å². The molecule has 0 aromatic heterocycles. The number of nitrogens with zero attached hydrogens (tertiary/aromatic N) is 1. The van der Waals surface area contributed by atoms with Crippen LogP contribution in [0.15, 0.2) is 18.2 Å². The number of benzene rings is 1. The van der Waals surface area contributed by atoms with E-state index >= 15 is 0 Å². The van der Waals surface area contributed by atoms with Crippen LogP contribution in [0.1, 0.15) is 42.1 Å². The minimum atomic E-state index is -0.522. The van der Waals surface area contributed by atoms with Crippen molar-refractivity contribution >= 4 is 5.91 Å². The zero-order valence-electron chi connectivity index (χ0n) is 11.5. The maximum Gasteiger partial charge on any atom is 0.257 e. The summed E-state index contributed by atoms with van der Waals surface area (Å²) in [4.78, 5) is 14.2. The molecule has 1 heterocycles. The molecule has 1 amide bonds. The first-order chi connectivity index (χ1) is 9.67. The minimum Gasteiger partial charge on any atom is -0.384 e. The number of likely N-dealkylation sites (tertiary alicyclic amines) is 1. The average molecular weight is 275 g/mol. The van der Waals surface area contributed by atoms with Crippen LogP contribution in [-0.4, -0.2) is 35.1 Å². The van der Waals surface area contributed by atoms with E-state index in [0.717, 1.165) is 19.3 Å². The lowest BCUT2D eigenvalue weighted by molar-refractivity contribution is 0.0729. The van der Waals surface area contributed by atoms with Crippen molar-refractivity contribution in [1.82, 2.24) is 4.90 Å². The third-order valence-electron chi connectivity index (χ3n) is 3.62. The molecule has 0 saturated carbocycles. The first-order valence-corrected chi connectivity index (χ1v) is 6.87. The predicted octanol–water partition coefficient (Wildman–Crippen LogP) is 2.18. The lowest BCUT2D eigenvalue weighted by atomic mass is 10.1. The maximum atomic E-state index is 13.9. The van der Waals surface area contributed by atoms with Gasteiger partial charge in [0.2, 0.25) is 0 Å². The number of halogens is 1. The number of carbonyl (C=O) groups is 1. The number of hydrogen-bond acceptors (Lipinski definition) is 2. The monoisotopic (exact) mass is 275 g/mol. The Balaban J connectivity index is 2.29. The molecule has 1 aromatic carbocycles. The van der Waals surface area contributed by atoms with Crippen molar-refractivity contribution in [3.63, 3.8) is 0 Å². The summed E-state index contributed by atoms with van der Waals surface area (Å²) in [5.41, 5.74) is 0.603. The molecule has 1 fully saturated rings. The van der Waals surface area contributed by atoms with Gasteiger partial charge in [0.25, 0.3) is 5.91 Å². The van der Waals surface area contributed by atoms with Crippen LogP contribution in [0.25, 0.3) is 0 Å². The van der Waals surface area contributed by atoms with E-state index in [9.17, 15) is 9.18 Å². The molecule has 1 aliphatic heterocycles. The van der Waals surface area contributed by atoms with Crippen LogP contribution in [0.3, 0.4) is 0 Å². The van der Waals surface area contributed by atoms with E-state index in [1.807, 2.05) is 6.92 Å². The molecule has 20 heavy (non-hydrogen) atoms. The molecule has 1 saturated heterocycles. The molecule has 0 bridgehead atoms. The zero-order chi connectivity index (χ0) is 14.5. The molecule has 1 unspecified atom stereocenters. The SMILES string of the molecule is CCC1CCCN1C(=O)c1cc(C#CCO)ccc1F. The number of amides is 1. The van der Waals surface area contributed by atoms with Crippen molar-refractivity contribution in [1.29, 1.82) is 0 Å². The van der Waals surface area contributed by atoms with Gasteiger partial charge in [0.05, 0.1) is 5.56 Å². The Hall–Kier alpha value is -1.86. The largest absolute Gasteiger partial charge is 0.384 e. The Morgan fingerprint density at radius 3 is 3.05 bits per heavy atom. The van der Waals surface area contributed by atoms with E-state index in [1.54, 1.807) is 4.90 Å². The van der Waals surface area contributed by atoms with Gasteiger partial charge >= 0.3 is 0 Å². The van der Waals surface area contributed by atoms with Crippen LogP contribution in [0.4, 0.5) is 4.39 Å². The van der Waals surface area contributed by atoms with Gasteiger partial charge in [0, 0.05) is 18.2 Å².